The second-order valence-corrected chi connectivity index (χ2v) is 4.78. The van der Waals surface area contributed by atoms with Gasteiger partial charge < -0.3 is 4.74 Å². The van der Waals surface area contributed by atoms with Crippen molar-refractivity contribution in [1.82, 2.24) is 14.6 Å². The average Bonchev–Trinajstić information content (AvgIpc) is 2.89. The van der Waals surface area contributed by atoms with Crippen molar-refractivity contribution in [2.45, 2.75) is 12.6 Å². The molecule has 3 aromatic rings. The van der Waals surface area contributed by atoms with E-state index in [1.54, 1.807) is 29.8 Å². The number of rotatable bonds is 3. The molecule has 0 bridgehead atoms. The lowest BCUT2D eigenvalue weighted by Crippen LogP contribution is -2.05. The zero-order valence-electron chi connectivity index (χ0n) is 11.6. The molecule has 0 atom stereocenters. The number of alkyl halides is 3. The molecule has 22 heavy (non-hydrogen) atoms. The number of ether oxygens (including phenoxy) is 1. The number of benzene rings is 1. The van der Waals surface area contributed by atoms with Crippen LogP contribution >= 0.6 is 0 Å². The Morgan fingerprint density at radius 1 is 1.05 bits per heavy atom. The summed E-state index contributed by atoms with van der Waals surface area (Å²) < 4.78 is 44.6. The average molecular weight is 307 g/mol. The molecule has 0 aliphatic rings. The van der Waals surface area contributed by atoms with Gasteiger partial charge in [0.1, 0.15) is 11.6 Å². The van der Waals surface area contributed by atoms with Gasteiger partial charge in [-0.3, -0.25) is 4.40 Å². The quantitative estimate of drug-likeness (QED) is 0.745. The molecular formula is C15H12F3N3O. The molecule has 0 aliphatic heterocycles. The number of hydrogen-bond acceptors (Lipinski definition) is 3. The first-order valence-corrected chi connectivity index (χ1v) is 6.51. The Morgan fingerprint density at radius 3 is 2.41 bits per heavy atom. The zero-order valence-corrected chi connectivity index (χ0v) is 11.6. The third kappa shape index (κ3) is 2.74. The highest BCUT2D eigenvalue weighted by atomic mass is 19.4. The molecule has 4 nitrogen and oxygen atoms in total. The third-order valence-corrected chi connectivity index (χ3v) is 3.33. The predicted octanol–water partition coefficient (Wildman–Crippen LogP) is 3.35. The van der Waals surface area contributed by atoms with E-state index in [0.717, 1.165) is 17.7 Å². The summed E-state index contributed by atoms with van der Waals surface area (Å²) in [6.07, 6.45) is -2.20. The fraction of sp³-hybridized carbons (Fsp3) is 0.200. The molecule has 2 aromatic heterocycles. The van der Waals surface area contributed by atoms with Crippen molar-refractivity contribution in [3.8, 4) is 5.75 Å². The number of pyridine rings is 1. The molecular weight excluding hydrogens is 295 g/mol. The first kappa shape index (κ1) is 14.4. The van der Waals surface area contributed by atoms with E-state index in [1.165, 1.54) is 12.1 Å². The summed E-state index contributed by atoms with van der Waals surface area (Å²) in [5.74, 6) is 1.29. The SMILES string of the molecule is COc1ccc2nnc(Cc3ccc(C(F)(F)F)cc3)n2c1. The van der Waals surface area contributed by atoms with Gasteiger partial charge in [-0.15, -0.1) is 10.2 Å². The first-order valence-electron chi connectivity index (χ1n) is 6.51. The van der Waals surface area contributed by atoms with Crippen LogP contribution in [0.2, 0.25) is 0 Å². The van der Waals surface area contributed by atoms with E-state index in [2.05, 4.69) is 10.2 Å². The minimum atomic E-state index is -4.33. The smallest absolute Gasteiger partial charge is 0.416 e. The van der Waals surface area contributed by atoms with E-state index in [1.807, 2.05) is 0 Å². The van der Waals surface area contributed by atoms with E-state index >= 15 is 0 Å². The van der Waals surface area contributed by atoms with Crippen LogP contribution < -0.4 is 4.74 Å². The van der Waals surface area contributed by atoms with Crippen LogP contribution in [-0.2, 0) is 12.6 Å². The molecule has 0 radical (unpaired) electrons. The van der Waals surface area contributed by atoms with Crippen molar-refractivity contribution in [2.75, 3.05) is 7.11 Å². The number of aromatic nitrogens is 3. The summed E-state index contributed by atoms with van der Waals surface area (Å²) in [6.45, 7) is 0. The Labute approximate surface area is 124 Å². The predicted molar refractivity (Wildman–Crippen MR) is 73.8 cm³/mol. The second-order valence-electron chi connectivity index (χ2n) is 4.78. The van der Waals surface area contributed by atoms with Crippen molar-refractivity contribution in [1.29, 1.82) is 0 Å². The highest BCUT2D eigenvalue weighted by Gasteiger charge is 2.29. The summed E-state index contributed by atoms with van der Waals surface area (Å²) >= 11 is 0. The van der Waals surface area contributed by atoms with Gasteiger partial charge >= 0.3 is 6.18 Å². The Bertz CT molecular complexity index is 794. The van der Waals surface area contributed by atoms with Gasteiger partial charge in [0.05, 0.1) is 18.9 Å². The van der Waals surface area contributed by atoms with Crippen LogP contribution in [0.1, 0.15) is 17.0 Å². The van der Waals surface area contributed by atoms with Crippen molar-refractivity contribution < 1.29 is 17.9 Å². The molecule has 0 aliphatic carbocycles. The van der Waals surface area contributed by atoms with Gasteiger partial charge in [0.15, 0.2) is 5.65 Å². The molecule has 2 heterocycles. The van der Waals surface area contributed by atoms with Crippen LogP contribution in [0.5, 0.6) is 5.75 Å². The van der Waals surface area contributed by atoms with Gasteiger partial charge in [-0.25, -0.2) is 0 Å². The topological polar surface area (TPSA) is 39.4 Å². The largest absolute Gasteiger partial charge is 0.495 e. The minimum Gasteiger partial charge on any atom is -0.495 e. The molecule has 7 heteroatoms. The van der Waals surface area contributed by atoms with Crippen LogP contribution in [-0.4, -0.2) is 21.7 Å². The lowest BCUT2D eigenvalue weighted by atomic mass is 10.1. The number of methoxy groups -OCH3 is 1. The van der Waals surface area contributed by atoms with Gasteiger partial charge in [-0.05, 0) is 29.8 Å². The summed E-state index contributed by atoms with van der Waals surface area (Å²) in [5, 5.41) is 8.10. The van der Waals surface area contributed by atoms with Gasteiger partial charge in [-0.1, -0.05) is 12.1 Å². The number of nitrogens with zero attached hydrogens (tertiary/aromatic N) is 3. The number of halogens is 3. The Balaban J connectivity index is 1.90. The standard InChI is InChI=1S/C15H12F3N3O/c1-22-12-6-7-13-19-20-14(21(13)9-12)8-10-2-4-11(5-3-10)15(16,17)18/h2-7,9H,8H2,1H3. The molecule has 0 fully saturated rings. The normalized spacial score (nSPS) is 11.8. The molecule has 0 amide bonds. The van der Waals surface area contributed by atoms with Crippen molar-refractivity contribution in [3.05, 3.63) is 59.5 Å². The van der Waals surface area contributed by atoms with Crippen LogP contribution in [0.25, 0.3) is 5.65 Å². The van der Waals surface area contributed by atoms with E-state index < -0.39 is 11.7 Å². The van der Waals surface area contributed by atoms with Crippen LogP contribution in [0.4, 0.5) is 13.2 Å². The molecule has 0 spiro atoms. The summed E-state index contributed by atoms with van der Waals surface area (Å²) in [4.78, 5) is 0. The zero-order chi connectivity index (χ0) is 15.7. The Hall–Kier alpha value is -2.57. The van der Waals surface area contributed by atoms with E-state index in [0.29, 0.717) is 23.6 Å². The number of fused-ring (bicyclic) bond motifs is 1. The van der Waals surface area contributed by atoms with Crippen LogP contribution in [0, 0.1) is 0 Å². The van der Waals surface area contributed by atoms with Gasteiger partial charge in [0.2, 0.25) is 0 Å². The molecule has 114 valence electrons. The van der Waals surface area contributed by atoms with Crippen LogP contribution in [0.15, 0.2) is 42.6 Å². The Morgan fingerprint density at radius 2 is 1.77 bits per heavy atom. The lowest BCUT2D eigenvalue weighted by Gasteiger charge is -2.07. The lowest BCUT2D eigenvalue weighted by molar-refractivity contribution is -0.137. The first-order chi connectivity index (χ1) is 10.5. The highest BCUT2D eigenvalue weighted by molar-refractivity contribution is 5.42. The number of hydrogen-bond donors (Lipinski definition) is 0. The van der Waals surface area contributed by atoms with Crippen molar-refractivity contribution in [3.63, 3.8) is 0 Å². The molecule has 1 aromatic carbocycles. The molecule has 3 rings (SSSR count). The summed E-state index contributed by atoms with van der Waals surface area (Å²) in [5.41, 5.74) is 0.719. The maximum Gasteiger partial charge on any atom is 0.416 e. The van der Waals surface area contributed by atoms with Gasteiger partial charge in [0.25, 0.3) is 0 Å². The third-order valence-electron chi connectivity index (χ3n) is 3.33. The summed E-state index contributed by atoms with van der Waals surface area (Å²) in [6, 6.07) is 8.57. The van der Waals surface area contributed by atoms with E-state index in [9.17, 15) is 13.2 Å². The maximum absolute atomic E-state index is 12.5. The van der Waals surface area contributed by atoms with Crippen molar-refractivity contribution >= 4 is 5.65 Å². The fourth-order valence-corrected chi connectivity index (χ4v) is 2.15. The monoisotopic (exact) mass is 307 g/mol. The van der Waals surface area contributed by atoms with E-state index in [-0.39, 0.29) is 0 Å². The fourth-order valence-electron chi connectivity index (χ4n) is 2.15. The molecule has 0 saturated heterocycles. The summed E-state index contributed by atoms with van der Waals surface area (Å²) in [7, 11) is 1.56. The van der Waals surface area contributed by atoms with Crippen molar-refractivity contribution in [2.24, 2.45) is 0 Å². The Kier molecular flexibility index (Phi) is 3.48. The molecule has 0 unspecified atom stereocenters. The van der Waals surface area contributed by atoms with E-state index in [4.69, 9.17) is 4.74 Å². The van der Waals surface area contributed by atoms with Gasteiger partial charge in [0, 0.05) is 6.42 Å². The highest BCUT2D eigenvalue weighted by Crippen LogP contribution is 2.29. The maximum atomic E-state index is 12.5. The molecule has 0 saturated carbocycles. The molecule has 0 N–H and O–H groups in total. The van der Waals surface area contributed by atoms with Gasteiger partial charge in [-0.2, -0.15) is 13.2 Å². The minimum absolute atomic E-state index is 0.381. The van der Waals surface area contributed by atoms with Crippen LogP contribution in [0.3, 0.4) is 0 Å². The second kappa shape index (κ2) is 5.32.